The van der Waals surface area contributed by atoms with Crippen molar-refractivity contribution < 1.29 is 22.7 Å². The summed E-state index contributed by atoms with van der Waals surface area (Å²) in [7, 11) is 2.00. The van der Waals surface area contributed by atoms with Gasteiger partial charge in [-0.3, -0.25) is 9.69 Å². The molecule has 0 radical (unpaired) electrons. The van der Waals surface area contributed by atoms with E-state index in [9.17, 15) is 18.0 Å². The Morgan fingerprint density at radius 2 is 1.96 bits per heavy atom. The third kappa shape index (κ3) is 3.72. The van der Waals surface area contributed by atoms with E-state index in [1.54, 1.807) is 4.90 Å². The highest BCUT2D eigenvalue weighted by atomic mass is 19.4. The quantitative estimate of drug-likeness (QED) is 0.825. The fraction of sp³-hybridized carbons (Fsp3) is 0.588. The zero-order chi connectivity index (χ0) is 17.3. The van der Waals surface area contributed by atoms with E-state index in [0.717, 1.165) is 12.6 Å². The Hall–Kier alpha value is -1.60. The first-order valence-corrected chi connectivity index (χ1v) is 8.05. The second kappa shape index (κ2) is 6.72. The molecular formula is C17H21F3N2O2. The lowest BCUT2D eigenvalue weighted by Gasteiger charge is -2.30. The highest BCUT2D eigenvalue weighted by Gasteiger charge is 2.36. The first kappa shape index (κ1) is 17.2. The Kier molecular flexibility index (Phi) is 4.83. The second-order valence-corrected chi connectivity index (χ2v) is 6.63. The number of carbonyl (C=O) groups is 1. The molecule has 2 heterocycles. The minimum absolute atomic E-state index is 0.0361. The number of hydrogen-bond acceptors (Lipinski definition) is 3. The van der Waals surface area contributed by atoms with Crippen LogP contribution in [0.25, 0.3) is 0 Å². The van der Waals surface area contributed by atoms with Gasteiger partial charge in [-0.2, -0.15) is 13.2 Å². The van der Waals surface area contributed by atoms with E-state index >= 15 is 0 Å². The van der Waals surface area contributed by atoms with E-state index in [1.807, 2.05) is 7.05 Å². The van der Waals surface area contributed by atoms with Crippen LogP contribution in [0.1, 0.15) is 11.1 Å². The Morgan fingerprint density at radius 3 is 2.71 bits per heavy atom. The minimum atomic E-state index is -4.44. The van der Waals surface area contributed by atoms with Gasteiger partial charge in [-0.25, -0.2) is 0 Å². The summed E-state index contributed by atoms with van der Waals surface area (Å²) in [5, 5.41) is 0. The zero-order valence-corrected chi connectivity index (χ0v) is 13.6. The largest absolute Gasteiger partial charge is 0.416 e. The van der Waals surface area contributed by atoms with Gasteiger partial charge in [0, 0.05) is 25.6 Å². The fourth-order valence-electron chi connectivity index (χ4n) is 3.48. The molecule has 3 rings (SSSR count). The molecular weight excluding hydrogens is 321 g/mol. The van der Waals surface area contributed by atoms with Crippen LogP contribution in [0, 0.1) is 5.92 Å². The summed E-state index contributed by atoms with van der Waals surface area (Å²) in [5.74, 6) is -0.0526. The van der Waals surface area contributed by atoms with Gasteiger partial charge in [0.25, 0.3) is 0 Å². The number of halogens is 3. The van der Waals surface area contributed by atoms with Crippen molar-refractivity contribution in [3.05, 3.63) is 35.4 Å². The molecule has 2 atom stereocenters. The molecule has 24 heavy (non-hydrogen) atoms. The predicted octanol–water partition coefficient (Wildman–Crippen LogP) is 2.04. The van der Waals surface area contributed by atoms with Crippen molar-refractivity contribution in [1.29, 1.82) is 0 Å². The Labute approximate surface area is 139 Å². The van der Waals surface area contributed by atoms with Gasteiger partial charge in [0.15, 0.2) is 0 Å². The van der Waals surface area contributed by atoms with E-state index in [4.69, 9.17) is 4.74 Å². The highest BCUT2D eigenvalue weighted by molar-refractivity contribution is 5.79. The molecule has 2 aliphatic heterocycles. The van der Waals surface area contributed by atoms with Crippen LogP contribution in [0.5, 0.6) is 0 Å². The monoisotopic (exact) mass is 342 g/mol. The maximum absolute atomic E-state index is 13.1. The first-order chi connectivity index (χ1) is 11.3. The molecule has 2 fully saturated rings. The van der Waals surface area contributed by atoms with E-state index in [-0.39, 0.29) is 29.9 Å². The van der Waals surface area contributed by atoms with Crippen LogP contribution in [0.3, 0.4) is 0 Å². The normalized spacial score (nSPS) is 25.4. The van der Waals surface area contributed by atoms with Crippen LogP contribution in [0.4, 0.5) is 13.2 Å². The maximum atomic E-state index is 13.1. The van der Waals surface area contributed by atoms with Crippen molar-refractivity contribution in [1.82, 2.24) is 9.80 Å². The molecule has 0 spiro atoms. The van der Waals surface area contributed by atoms with Gasteiger partial charge in [0.1, 0.15) is 0 Å². The van der Waals surface area contributed by atoms with Crippen LogP contribution in [-0.2, 0) is 22.1 Å². The molecule has 0 N–H and O–H groups in total. The number of ether oxygens (including phenoxy) is 1. The van der Waals surface area contributed by atoms with Gasteiger partial charge in [-0.1, -0.05) is 18.2 Å². The number of fused-ring (bicyclic) bond motifs is 3. The molecule has 0 unspecified atom stereocenters. The standard InChI is InChI=1S/C17H21F3N2O2/c1-21-7-12-8-22(9-14(21)11-24-10-12)16(23)6-13-4-2-3-5-15(13)17(18,19)20/h2-5,12,14H,6-11H2,1H3/t12-,14+/m1/s1. The molecule has 2 bridgehead atoms. The lowest BCUT2D eigenvalue weighted by molar-refractivity contribution is -0.138. The number of alkyl halides is 3. The molecule has 1 amide bonds. The zero-order valence-electron chi connectivity index (χ0n) is 13.6. The van der Waals surface area contributed by atoms with E-state index in [2.05, 4.69) is 4.90 Å². The average molecular weight is 342 g/mol. The van der Waals surface area contributed by atoms with Crippen molar-refractivity contribution in [2.75, 3.05) is 39.9 Å². The Balaban J connectivity index is 1.76. The lowest BCUT2D eigenvalue weighted by Crippen LogP contribution is -2.45. The summed E-state index contributed by atoms with van der Waals surface area (Å²) in [5.41, 5.74) is -0.692. The summed E-state index contributed by atoms with van der Waals surface area (Å²) >= 11 is 0. The maximum Gasteiger partial charge on any atom is 0.416 e. The number of carbonyl (C=O) groups excluding carboxylic acids is 1. The molecule has 0 saturated carbocycles. The van der Waals surface area contributed by atoms with Gasteiger partial charge in [-0.15, -0.1) is 0 Å². The van der Waals surface area contributed by atoms with Gasteiger partial charge in [0.2, 0.25) is 5.91 Å². The first-order valence-electron chi connectivity index (χ1n) is 8.05. The summed E-state index contributed by atoms with van der Waals surface area (Å²) in [4.78, 5) is 16.5. The van der Waals surface area contributed by atoms with Gasteiger partial charge >= 0.3 is 6.18 Å². The summed E-state index contributed by atoms with van der Waals surface area (Å²) in [6.45, 7) is 3.02. The minimum Gasteiger partial charge on any atom is -0.379 e. The summed E-state index contributed by atoms with van der Waals surface area (Å²) in [6.07, 6.45) is -4.67. The van der Waals surface area contributed by atoms with Crippen molar-refractivity contribution in [3.8, 4) is 0 Å². The number of rotatable bonds is 2. The molecule has 0 aromatic heterocycles. The number of benzene rings is 1. The molecule has 1 aromatic carbocycles. The SMILES string of the molecule is CN1C[C@H]2COC[C@@H]1CN(C(=O)Cc1ccccc1C(F)(F)F)C2. The molecule has 4 nitrogen and oxygen atoms in total. The highest BCUT2D eigenvalue weighted by Crippen LogP contribution is 2.32. The van der Waals surface area contributed by atoms with Crippen LogP contribution in [0.15, 0.2) is 24.3 Å². The average Bonchev–Trinajstić information content (AvgIpc) is 2.75. The molecule has 0 aliphatic carbocycles. The number of likely N-dealkylation sites (N-methyl/N-ethyl adjacent to an activating group) is 1. The molecule has 1 aromatic rings. The van der Waals surface area contributed by atoms with Gasteiger partial charge in [-0.05, 0) is 18.7 Å². The van der Waals surface area contributed by atoms with Crippen molar-refractivity contribution in [2.24, 2.45) is 5.92 Å². The van der Waals surface area contributed by atoms with Crippen molar-refractivity contribution in [3.63, 3.8) is 0 Å². The number of amides is 1. The molecule has 132 valence electrons. The fourth-order valence-corrected chi connectivity index (χ4v) is 3.48. The second-order valence-electron chi connectivity index (χ2n) is 6.63. The van der Waals surface area contributed by atoms with Crippen molar-refractivity contribution >= 4 is 5.91 Å². The summed E-state index contributed by atoms with van der Waals surface area (Å²) in [6, 6.07) is 5.39. The van der Waals surface area contributed by atoms with Crippen LogP contribution >= 0.6 is 0 Å². The van der Waals surface area contributed by atoms with Crippen molar-refractivity contribution in [2.45, 2.75) is 18.6 Å². The van der Waals surface area contributed by atoms with E-state index in [1.165, 1.54) is 18.2 Å². The van der Waals surface area contributed by atoms with Crippen LogP contribution in [-0.4, -0.2) is 61.6 Å². The topological polar surface area (TPSA) is 32.8 Å². The predicted molar refractivity (Wildman–Crippen MR) is 82.5 cm³/mol. The van der Waals surface area contributed by atoms with Crippen LogP contribution < -0.4 is 0 Å². The van der Waals surface area contributed by atoms with Gasteiger partial charge in [0.05, 0.1) is 31.2 Å². The Bertz CT molecular complexity index is 606. The van der Waals surface area contributed by atoms with Gasteiger partial charge < -0.3 is 9.64 Å². The van der Waals surface area contributed by atoms with Crippen LogP contribution in [0.2, 0.25) is 0 Å². The third-order valence-corrected chi connectivity index (χ3v) is 4.76. The summed E-state index contributed by atoms with van der Waals surface area (Å²) < 4.78 is 44.9. The Morgan fingerprint density at radius 1 is 1.21 bits per heavy atom. The third-order valence-electron chi connectivity index (χ3n) is 4.76. The number of nitrogens with zero attached hydrogens (tertiary/aromatic N) is 2. The molecule has 7 heteroatoms. The smallest absolute Gasteiger partial charge is 0.379 e. The van der Waals surface area contributed by atoms with E-state index < -0.39 is 11.7 Å². The lowest BCUT2D eigenvalue weighted by atomic mass is 10.0. The molecule has 2 aliphatic rings. The number of hydrogen-bond donors (Lipinski definition) is 0. The van der Waals surface area contributed by atoms with E-state index in [0.29, 0.717) is 26.3 Å². The molecule has 2 saturated heterocycles.